The first kappa shape index (κ1) is 20.2. The smallest absolute Gasteiger partial charge is 0.408 e. The zero-order valence-electron chi connectivity index (χ0n) is 15.3. The number of carbonyl (C=O) groups excluding carboxylic acids is 1. The number of rotatable bonds is 6. The van der Waals surface area contributed by atoms with Gasteiger partial charge < -0.3 is 20.1 Å². The number of alkyl carbamates (subject to hydrolysis) is 1. The molecule has 1 rings (SSSR count). The summed E-state index contributed by atoms with van der Waals surface area (Å²) in [6.07, 6.45) is -0.463. The van der Waals surface area contributed by atoms with E-state index in [1.165, 1.54) is 0 Å². The fraction of sp³-hybridized carbons (Fsp3) is 0.556. The Labute approximate surface area is 150 Å². The van der Waals surface area contributed by atoms with Gasteiger partial charge in [-0.05, 0) is 44.4 Å². The topological polar surface area (TPSA) is 59.6 Å². The number of thiocarbonyl (C=S) groups is 1. The van der Waals surface area contributed by atoms with Crippen molar-refractivity contribution in [3.05, 3.63) is 29.8 Å². The van der Waals surface area contributed by atoms with E-state index < -0.39 is 11.7 Å². The summed E-state index contributed by atoms with van der Waals surface area (Å²) in [5.41, 5.74) is 0.543. The van der Waals surface area contributed by atoms with E-state index in [4.69, 9.17) is 21.7 Å². The maximum Gasteiger partial charge on any atom is 0.408 e. The highest BCUT2D eigenvalue weighted by Crippen LogP contribution is 2.12. The number of methoxy groups -OCH3 is 1. The first-order valence-electron chi connectivity index (χ1n) is 8.02. The molecule has 0 radical (unpaired) electrons. The van der Waals surface area contributed by atoms with Crippen LogP contribution >= 0.6 is 12.2 Å². The number of amides is 1. The second-order valence-electron chi connectivity index (χ2n) is 6.93. The van der Waals surface area contributed by atoms with E-state index in [0.29, 0.717) is 11.5 Å². The predicted octanol–water partition coefficient (Wildman–Crippen LogP) is 3.66. The van der Waals surface area contributed by atoms with Crippen molar-refractivity contribution in [3.63, 3.8) is 0 Å². The molecule has 1 aromatic carbocycles. The third-order valence-corrected chi connectivity index (χ3v) is 3.65. The van der Waals surface area contributed by atoms with Crippen molar-refractivity contribution in [1.82, 2.24) is 10.6 Å². The van der Waals surface area contributed by atoms with Crippen LogP contribution in [0.25, 0.3) is 0 Å². The highest BCUT2D eigenvalue weighted by molar-refractivity contribution is 7.80. The quantitative estimate of drug-likeness (QED) is 0.765. The average Bonchev–Trinajstić information content (AvgIpc) is 2.48. The van der Waals surface area contributed by atoms with Crippen LogP contribution in [0, 0.1) is 5.92 Å². The zero-order chi connectivity index (χ0) is 18.3. The van der Waals surface area contributed by atoms with E-state index in [9.17, 15) is 4.79 Å². The molecule has 0 heterocycles. The van der Waals surface area contributed by atoms with Crippen molar-refractivity contribution in [3.8, 4) is 5.75 Å². The fourth-order valence-electron chi connectivity index (χ4n) is 2.01. The van der Waals surface area contributed by atoms with E-state index in [2.05, 4.69) is 10.6 Å². The van der Waals surface area contributed by atoms with Crippen molar-refractivity contribution in [2.45, 2.75) is 52.8 Å². The second kappa shape index (κ2) is 8.87. The molecular formula is C18H28N2O3S. The van der Waals surface area contributed by atoms with Crippen LogP contribution in [0.15, 0.2) is 24.3 Å². The Bertz CT molecular complexity index is 550. The van der Waals surface area contributed by atoms with Gasteiger partial charge in [-0.1, -0.05) is 38.2 Å². The molecule has 24 heavy (non-hydrogen) atoms. The van der Waals surface area contributed by atoms with E-state index in [1.807, 2.05) is 58.9 Å². The van der Waals surface area contributed by atoms with Gasteiger partial charge in [-0.2, -0.15) is 0 Å². The summed E-state index contributed by atoms with van der Waals surface area (Å²) in [5, 5.41) is 6.05. The molecule has 1 amide bonds. The van der Waals surface area contributed by atoms with Crippen LogP contribution in [0.3, 0.4) is 0 Å². The van der Waals surface area contributed by atoms with Crippen LogP contribution in [0.1, 0.15) is 40.2 Å². The monoisotopic (exact) mass is 352 g/mol. The Hall–Kier alpha value is -1.82. The molecule has 0 spiro atoms. The van der Waals surface area contributed by atoms with Crippen LogP contribution < -0.4 is 15.4 Å². The molecular weight excluding hydrogens is 324 g/mol. The SMILES string of the molecule is COc1ccc(CNC(=S)[C@@H](NC(=O)OC(C)(C)C)C(C)C)cc1. The highest BCUT2D eigenvalue weighted by Gasteiger charge is 2.24. The number of hydrogen-bond acceptors (Lipinski definition) is 4. The molecule has 0 aromatic heterocycles. The highest BCUT2D eigenvalue weighted by atomic mass is 32.1. The van der Waals surface area contributed by atoms with Gasteiger partial charge in [0.2, 0.25) is 0 Å². The number of nitrogens with one attached hydrogen (secondary N) is 2. The molecule has 1 aromatic rings. The standard InChI is InChI=1S/C18H28N2O3S/c1-12(2)15(20-17(21)23-18(3,4)5)16(24)19-11-13-7-9-14(22-6)10-8-13/h7-10,12,15H,11H2,1-6H3,(H,19,24)(H,20,21)/t15-/m0/s1. The molecule has 134 valence electrons. The molecule has 0 saturated carbocycles. The zero-order valence-corrected chi connectivity index (χ0v) is 16.1. The van der Waals surface area contributed by atoms with Gasteiger partial charge in [0.1, 0.15) is 11.4 Å². The minimum Gasteiger partial charge on any atom is -0.497 e. The van der Waals surface area contributed by atoms with Crippen molar-refractivity contribution >= 4 is 23.3 Å². The van der Waals surface area contributed by atoms with E-state index in [1.54, 1.807) is 7.11 Å². The lowest BCUT2D eigenvalue weighted by atomic mass is 10.0. The molecule has 0 unspecified atom stereocenters. The second-order valence-corrected chi connectivity index (χ2v) is 7.37. The summed E-state index contributed by atoms with van der Waals surface area (Å²) in [6.45, 7) is 10.1. The minimum atomic E-state index is -0.538. The summed E-state index contributed by atoms with van der Waals surface area (Å²) < 4.78 is 10.4. The van der Waals surface area contributed by atoms with Gasteiger partial charge in [0.15, 0.2) is 0 Å². The van der Waals surface area contributed by atoms with Gasteiger partial charge in [0, 0.05) is 6.54 Å². The maximum absolute atomic E-state index is 12.0. The Morgan fingerprint density at radius 1 is 1.21 bits per heavy atom. The lowest BCUT2D eigenvalue weighted by Crippen LogP contribution is -2.49. The number of benzene rings is 1. The van der Waals surface area contributed by atoms with Gasteiger partial charge in [0.25, 0.3) is 0 Å². The first-order valence-corrected chi connectivity index (χ1v) is 8.43. The van der Waals surface area contributed by atoms with Crippen molar-refractivity contribution in [2.75, 3.05) is 7.11 Å². The first-order chi connectivity index (χ1) is 11.1. The molecule has 0 aliphatic rings. The van der Waals surface area contributed by atoms with Gasteiger partial charge in [-0.3, -0.25) is 0 Å². The van der Waals surface area contributed by atoms with Gasteiger partial charge in [-0.25, -0.2) is 4.79 Å². The van der Waals surface area contributed by atoms with Crippen molar-refractivity contribution in [2.24, 2.45) is 5.92 Å². The molecule has 0 aliphatic heterocycles. The predicted molar refractivity (Wildman–Crippen MR) is 100 cm³/mol. The van der Waals surface area contributed by atoms with Crippen LogP contribution in [0.5, 0.6) is 5.75 Å². The van der Waals surface area contributed by atoms with Crippen molar-refractivity contribution < 1.29 is 14.3 Å². The molecule has 0 aliphatic carbocycles. The third-order valence-electron chi connectivity index (χ3n) is 3.25. The van der Waals surface area contributed by atoms with Crippen LogP contribution in [0.4, 0.5) is 4.79 Å². The van der Waals surface area contributed by atoms with Crippen LogP contribution in [-0.4, -0.2) is 29.8 Å². The molecule has 6 heteroatoms. The van der Waals surface area contributed by atoms with Crippen LogP contribution in [-0.2, 0) is 11.3 Å². The van der Waals surface area contributed by atoms with Crippen LogP contribution in [0.2, 0.25) is 0 Å². The Morgan fingerprint density at radius 3 is 2.25 bits per heavy atom. The summed E-state index contributed by atoms with van der Waals surface area (Å²) in [6, 6.07) is 7.46. The number of carbonyl (C=O) groups is 1. The average molecular weight is 353 g/mol. The van der Waals surface area contributed by atoms with Crippen molar-refractivity contribution in [1.29, 1.82) is 0 Å². The molecule has 5 nitrogen and oxygen atoms in total. The van der Waals surface area contributed by atoms with E-state index >= 15 is 0 Å². The Morgan fingerprint density at radius 2 is 1.79 bits per heavy atom. The van der Waals surface area contributed by atoms with Gasteiger partial charge >= 0.3 is 6.09 Å². The Kier molecular flexibility index (Phi) is 7.48. The lowest BCUT2D eigenvalue weighted by molar-refractivity contribution is 0.0508. The third kappa shape index (κ3) is 7.17. The molecule has 0 fully saturated rings. The minimum absolute atomic E-state index is 0.147. The summed E-state index contributed by atoms with van der Waals surface area (Å²) in [7, 11) is 1.64. The summed E-state index contributed by atoms with van der Waals surface area (Å²) >= 11 is 5.45. The molecule has 0 bridgehead atoms. The maximum atomic E-state index is 12.0. The lowest BCUT2D eigenvalue weighted by Gasteiger charge is -2.26. The summed E-state index contributed by atoms with van der Waals surface area (Å²) in [4.78, 5) is 12.6. The number of ether oxygens (including phenoxy) is 2. The normalized spacial score (nSPS) is 12.5. The van der Waals surface area contributed by atoms with E-state index in [0.717, 1.165) is 11.3 Å². The summed E-state index contributed by atoms with van der Waals surface area (Å²) in [5.74, 6) is 0.960. The van der Waals surface area contributed by atoms with E-state index in [-0.39, 0.29) is 12.0 Å². The Balaban J connectivity index is 2.61. The van der Waals surface area contributed by atoms with Gasteiger partial charge in [0.05, 0.1) is 18.1 Å². The molecule has 1 atom stereocenters. The number of hydrogen-bond donors (Lipinski definition) is 2. The largest absolute Gasteiger partial charge is 0.497 e. The van der Waals surface area contributed by atoms with Gasteiger partial charge in [-0.15, -0.1) is 0 Å². The molecule has 2 N–H and O–H groups in total. The molecule has 0 saturated heterocycles. The fourth-order valence-corrected chi connectivity index (χ4v) is 2.42.